The summed E-state index contributed by atoms with van der Waals surface area (Å²) in [4.78, 5) is 8.44. The van der Waals surface area contributed by atoms with Crippen molar-refractivity contribution >= 4 is 11.8 Å². The number of oxazole rings is 1. The van der Waals surface area contributed by atoms with Crippen LogP contribution in [0.5, 0.6) is 0 Å². The van der Waals surface area contributed by atoms with E-state index >= 15 is 0 Å². The predicted molar refractivity (Wildman–Crippen MR) is 91.2 cm³/mol. The molecule has 1 aliphatic rings. The number of aryl methyl sites for hydroxylation is 1. The summed E-state index contributed by atoms with van der Waals surface area (Å²) in [5.41, 5.74) is 2.10. The smallest absolute Gasteiger partial charge is 0.226 e. The second kappa shape index (κ2) is 6.86. The van der Waals surface area contributed by atoms with Gasteiger partial charge in [0, 0.05) is 42.7 Å². The second-order valence-corrected chi connectivity index (χ2v) is 6.65. The van der Waals surface area contributed by atoms with Gasteiger partial charge >= 0.3 is 0 Å². The Bertz CT molecular complexity index is 623. The maximum atomic E-state index is 5.89. The third-order valence-electron chi connectivity index (χ3n) is 4.22. The minimum atomic E-state index is 0.536. The van der Waals surface area contributed by atoms with E-state index in [2.05, 4.69) is 47.7 Å². The monoisotopic (exact) mass is 317 g/mol. The molecule has 4 nitrogen and oxygen atoms in total. The normalized spacial score (nSPS) is 19.5. The van der Waals surface area contributed by atoms with Crippen molar-refractivity contribution in [2.45, 2.75) is 31.3 Å². The lowest BCUT2D eigenvalue weighted by Gasteiger charge is -2.33. The van der Waals surface area contributed by atoms with E-state index in [4.69, 9.17) is 9.40 Å². The fraction of sp³-hybridized carbons (Fsp3) is 0.471. The number of rotatable bonds is 4. The SMILES string of the molecule is CSc1ccc(-c2nc(CN3CCNC[C@@H]3C)c(C)o2)cc1. The molecule has 22 heavy (non-hydrogen) atoms. The zero-order valence-electron chi connectivity index (χ0n) is 13.4. The third-order valence-corrected chi connectivity index (χ3v) is 4.96. The highest BCUT2D eigenvalue weighted by Crippen LogP contribution is 2.25. The first-order valence-electron chi connectivity index (χ1n) is 7.73. The van der Waals surface area contributed by atoms with Crippen molar-refractivity contribution in [2.24, 2.45) is 0 Å². The summed E-state index contributed by atoms with van der Waals surface area (Å²) < 4.78 is 5.89. The molecule has 3 rings (SSSR count). The quantitative estimate of drug-likeness (QED) is 0.877. The van der Waals surface area contributed by atoms with Crippen molar-refractivity contribution in [1.82, 2.24) is 15.2 Å². The first-order valence-corrected chi connectivity index (χ1v) is 8.95. The van der Waals surface area contributed by atoms with Crippen LogP contribution in [0.2, 0.25) is 0 Å². The second-order valence-electron chi connectivity index (χ2n) is 5.77. The van der Waals surface area contributed by atoms with Gasteiger partial charge in [-0.05, 0) is 44.4 Å². The summed E-state index contributed by atoms with van der Waals surface area (Å²) in [5, 5.41) is 3.42. The summed E-state index contributed by atoms with van der Waals surface area (Å²) in [7, 11) is 0. The number of thioether (sulfide) groups is 1. The Balaban J connectivity index is 1.77. The van der Waals surface area contributed by atoms with Crippen LogP contribution in [-0.4, -0.2) is 41.8 Å². The number of nitrogens with zero attached hydrogens (tertiary/aromatic N) is 2. The Morgan fingerprint density at radius 3 is 2.82 bits per heavy atom. The van der Waals surface area contributed by atoms with Crippen LogP contribution < -0.4 is 5.32 Å². The van der Waals surface area contributed by atoms with Crippen LogP contribution in [0.25, 0.3) is 11.5 Å². The fourth-order valence-corrected chi connectivity index (χ4v) is 3.15. The lowest BCUT2D eigenvalue weighted by Crippen LogP contribution is -2.49. The molecule has 0 saturated carbocycles. The van der Waals surface area contributed by atoms with Crippen LogP contribution in [0.3, 0.4) is 0 Å². The molecule has 2 heterocycles. The molecule has 0 aliphatic carbocycles. The molecule has 1 fully saturated rings. The largest absolute Gasteiger partial charge is 0.441 e. The predicted octanol–water partition coefficient (Wildman–Crippen LogP) is 3.17. The highest BCUT2D eigenvalue weighted by atomic mass is 32.2. The molecule has 1 N–H and O–H groups in total. The van der Waals surface area contributed by atoms with Gasteiger partial charge < -0.3 is 9.73 Å². The van der Waals surface area contributed by atoms with Gasteiger partial charge in [-0.1, -0.05) is 0 Å². The van der Waals surface area contributed by atoms with Gasteiger partial charge in [-0.25, -0.2) is 4.98 Å². The molecule has 0 bridgehead atoms. The molecule has 0 unspecified atom stereocenters. The number of hydrogen-bond acceptors (Lipinski definition) is 5. The highest BCUT2D eigenvalue weighted by molar-refractivity contribution is 7.98. The maximum Gasteiger partial charge on any atom is 0.226 e. The molecular weight excluding hydrogens is 294 g/mol. The zero-order chi connectivity index (χ0) is 15.5. The molecule has 2 aromatic rings. The molecule has 0 spiro atoms. The van der Waals surface area contributed by atoms with Gasteiger partial charge in [0.15, 0.2) is 0 Å². The van der Waals surface area contributed by atoms with Crippen molar-refractivity contribution < 1.29 is 4.42 Å². The molecule has 0 radical (unpaired) electrons. The average molecular weight is 317 g/mol. The standard InChI is InChI=1S/C17H23N3OS/c1-12-10-18-8-9-20(12)11-16-13(2)21-17(19-16)14-4-6-15(22-3)7-5-14/h4-7,12,18H,8-11H2,1-3H3/t12-/m0/s1. The van der Waals surface area contributed by atoms with E-state index in [-0.39, 0.29) is 0 Å². The summed E-state index contributed by atoms with van der Waals surface area (Å²) in [6.07, 6.45) is 2.08. The van der Waals surface area contributed by atoms with Crippen molar-refractivity contribution in [3.05, 3.63) is 35.7 Å². The van der Waals surface area contributed by atoms with E-state index in [1.54, 1.807) is 11.8 Å². The van der Waals surface area contributed by atoms with E-state index in [1.165, 1.54) is 4.90 Å². The van der Waals surface area contributed by atoms with Gasteiger partial charge in [-0.15, -0.1) is 11.8 Å². The lowest BCUT2D eigenvalue weighted by molar-refractivity contribution is 0.163. The number of aromatic nitrogens is 1. The summed E-state index contributed by atoms with van der Waals surface area (Å²) in [6.45, 7) is 8.27. The van der Waals surface area contributed by atoms with Crippen LogP contribution in [0.1, 0.15) is 18.4 Å². The minimum absolute atomic E-state index is 0.536. The van der Waals surface area contributed by atoms with Crippen molar-refractivity contribution in [3.8, 4) is 11.5 Å². The van der Waals surface area contributed by atoms with E-state index in [1.807, 2.05) is 6.92 Å². The number of piperazine rings is 1. The molecule has 118 valence electrons. The summed E-state index contributed by atoms with van der Waals surface area (Å²) in [6, 6.07) is 8.91. The molecule has 1 aromatic heterocycles. The molecule has 5 heteroatoms. The Hall–Kier alpha value is -1.30. The van der Waals surface area contributed by atoms with E-state index in [9.17, 15) is 0 Å². The Morgan fingerprint density at radius 1 is 1.36 bits per heavy atom. The molecule has 1 aromatic carbocycles. The molecular formula is C17H23N3OS. The number of benzene rings is 1. The van der Waals surface area contributed by atoms with E-state index in [0.29, 0.717) is 6.04 Å². The summed E-state index contributed by atoms with van der Waals surface area (Å²) in [5.74, 6) is 1.65. The Labute approximate surface area is 136 Å². The van der Waals surface area contributed by atoms with Crippen molar-refractivity contribution in [3.63, 3.8) is 0 Å². The number of nitrogens with one attached hydrogen (secondary N) is 1. The average Bonchev–Trinajstić information content (AvgIpc) is 2.91. The first kappa shape index (κ1) is 15.6. The zero-order valence-corrected chi connectivity index (χ0v) is 14.2. The van der Waals surface area contributed by atoms with Crippen LogP contribution in [0, 0.1) is 6.92 Å². The van der Waals surface area contributed by atoms with Crippen LogP contribution in [0.4, 0.5) is 0 Å². The van der Waals surface area contributed by atoms with Gasteiger partial charge in [0.2, 0.25) is 5.89 Å². The van der Waals surface area contributed by atoms with Crippen LogP contribution >= 0.6 is 11.8 Å². The van der Waals surface area contributed by atoms with Crippen LogP contribution in [0.15, 0.2) is 33.6 Å². The van der Waals surface area contributed by atoms with Crippen molar-refractivity contribution in [1.29, 1.82) is 0 Å². The van der Waals surface area contributed by atoms with Gasteiger partial charge in [-0.3, -0.25) is 4.90 Å². The Morgan fingerprint density at radius 2 is 2.14 bits per heavy atom. The minimum Gasteiger partial charge on any atom is -0.441 e. The molecule has 1 aliphatic heterocycles. The fourth-order valence-electron chi connectivity index (χ4n) is 2.74. The van der Waals surface area contributed by atoms with E-state index < -0.39 is 0 Å². The van der Waals surface area contributed by atoms with Crippen molar-refractivity contribution in [2.75, 3.05) is 25.9 Å². The highest BCUT2D eigenvalue weighted by Gasteiger charge is 2.21. The van der Waals surface area contributed by atoms with Gasteiger partial charge in [0.05, 0.1) is 5.69 Å². The van der Waals surface area contributed by atoms with Gasteiger partial charge in [0.25, 0.3) is 0 Å². The summed E-state index contributed by atoms with van der Waals surface area (Å²) >= 11 is 1.74. The van der Waals surface area contributed by atoms with E-state index in [0.717, 1.165) is 49.1 Å². The molecule has 1 atom stereocenters. The Kier molecular flexibility index (Phi) is 4.86. The van der Waals surface area contributed by atoms with Crippen LogP contribution in [-0.2, 0) is 6.54 Å². The maximum absolute atomic E-state index is 5.89. The molecule has 0 amide bonds. The number of hydrogen-bond donors (Lipinski definition) is 1. The molecule has 1 saturated heterocycles. The van der Waals surface area contributed by atoms with Gasteiger partial charge in [-0.2, -0.15) is 0 Å². The topological polar surface area (TPSA) is 41.3 Å². The third kappa shape index (κ3) is 3.37. The lowest BCUT2D eigenvalue weighted by atomic mass is 10.2. The first-order chi connectivity index (χ1) is 10.7. The van der Waals surface area contributed by atoms with Gasteiger partial charge in [0.1, 0.15) is 5.76 Å².